The first-order valence-corrected chi connectivity index (χ1v) is 5.99. The predicted octanol–water partition coefficient (Wildman–Crippen LogP) is 0.667. The average Bonchev–Trinajstić information content (AvgIpc) is 2.33. The SMILES string of the molecule is COc1cc(OC)nc(N2CC(N)(C(C)C)C2)n1. The molecule has 1 fully saturated rings. The monoisotopic (exact) mass is 252 g/mol. The van der Waals surface area contributed by atoms with Crippen molar-refractivity contribution >= 4 is 5.95 Å². The van der Waals surface area contributed by atoms with Crippen molar-refractivity contribution in [3.63, 3.8) is 0 Å². The summed E-state index contributed by atoms with van der Waals surface area (Å²) in [5.41, 5.74) is 6.10. The van der Waals surface area contributed by atoms with Crippen molar-refractivity contribution in [1.29, 1.82) is 0 Å². The first kappa shape index (κ1) is 12.9. The van der Waals surface area contributed by atoms with Crippen molar-refractivity contribution in [2.45, 2.75) is 19.4 Å². The average molecular weight is 252 g/mol. The van der Waals surface area contributed by atoms with Gasteiger partial charge in [0.05, 0.1) is 25.8 Å². The summed E-state index contributed by atoms with van der Waals surface area (Å²) in [6, 6.07) is 1.65. The van der Waals surface area contributed by atoms with Gasteiger partial charge in [-0.15, -0.1) is 0 Å². The maximum absolute atomic E-state index is 6.25. The van der Waals surface area contributed by atoms with E-state index in [0.29, 0.717) is 23.6 Å². The van der Waals surface area contributed by atoms with Crippen molar-refractivity contribution in [2.75, 3.05) is 32.2 Å². The summed E-state index contributed by atoms with van der Waals surface area (Å²) < 4.78 is 10.3. The van der Waals surface area contributed by atoms with Gasteiger partial charge in [0.15, 0.2) is 0 Å². The van der Waals surface area contributed by atoms with E-state index < -0.39 is 0 Å². The molecule has 18 heavy (non-hydrogen) atoms. The third-order valence-corrected chi connectivity index (χ3v) is 3.49. The van der Waals surface area contributed by atoms with Gasteiger partial charge in [-0.05, 0) is 5.92 Å². The van der Waals surface area contributed by atoms with Gasteiger partial charge in [0, 0.05) is 13.1 Å². The Balaban J connectivity index is 2.16. The number of nitrogens with two attached hydrogens (primary N) is 1. The summed E-state index contributed by atoms with van der Waals surface area (Å²) in [4.78, 5) is 10.6. The van der Waals surface area contributed by atoms with Crippen LogP contribution in [0.3, 0.4) is 0 Å². The van der Waals surface area contributed by atoms with E-state index in [1.54, 1.807) is 20.3 Å². The Labute approximate surface area is 107 Å². The molecule has 0 unspecified atom stereocenters. The standard InChI is InChI=1S/C12H20N4O2/c1-8(2)12(13)6-16(7-12)11-14-9(17-3)5-10(15-11)18-4/h5,8H,6-7,13H2,1-4H3. The molecule has 0 spiro atoms. The molecule has 1 aliphatic rings. The molecule has 1 saturated heterocycles. The smallest absolute Gasteiger partial charge is 0.232 e. The maximum Gasteiger partial charge on any atom is 0.232 e. The Kier molecular flexibility index (Phi) is 3.30. The van der Waals surface area contributed by atoms with E-state index in [2.05, 4.69) is 23.8 Å². The van der Waals surface area contributed by atoms with E-state index in [1.807, 2.05) is 4.90 Å². The van der Waals surface area contributed by atoms with Gasteiger partial charge < -0.3 is 20.1 Å². The lowest BCUT2D eigenvalue weighted by atomic mass is 9.80. The topological polar surface area (TPSA) is 73.5 Å². The molecule has 2 rings (SSSR count). The largest absolute Gasteiger partial charge is 0.481 e. The molecule has 0 bridgehead atoms. The van der Waals surface area contributed by atoms with E-state index >= 15 is 0 Å². The van der Waals surface area contributed by atoms with Crippen LogP contribution < -0.4 is 20.1 Å². The van der Waals surface area contributed by atoms with E-state index in [4.69, 9.17) is 15.2 Å². The third kappa shape index (κ3) is 2.20. The molecule has 0 aliphatic carbocycles. The lowest BCUT2D eigenvalue weighted by molar-refractivity contribution is 0.241. The number of nitrogens with zero attached hydrogens (tertiary/aromatic N) is 3. The fourth-order valence-electron chi connectivity index (χ4n) is 1.91. The lowest BCUT2D eigenvalue weighted by Crippen LogP contribution is -2.70. The van der Waals surface area contributed by atoms with Crippen LogP contribution in [0.2, 0.25) is 0 Å². The fraction of sp³-hybridized carbons (Fsp3) is 0.667. The molecule has 0 atom stereocenters. The lowest BCUT2D eigenvalue weighted by Gasteiger charge is -2.50. The number of methoxy groups -OCH3 is 2. The minimum atomic E-state index is -0.153. The van der Waals surface area contributed by atoms with Crippen LogP contribution in [0, 0.1) is 5.92 Å². The number of ether oxygens (including phenoxy) is 2. The molecule has 6 heteroatoms. The minimum absolute atomic E-state index is 0.153. The number of anilines is 1. The van der Waals surface area contributed by atoms with E-state index in [9.17, 15) is 0 Å². The molecular weight excluding hydrogens is 232 g/mol. The highest BCUT2D eigenvalue weighted by Crippen LogP contribution is 2.30. The maximum atomic E-state index is 6.25. The molecule has 6 nitrogen and oxygen atoms in total. The zero-order valence-corrected chi connectivity index (χ0v) is 11.3. The summed E-state index contributed by atoms with van der Waals surface area (Å²) in [5, 5.41) is 0. The van der Waals surface area contributed by atoms with Crippen LogP contribution in [-0.2, 0) is 0 Å². The normalized spacial score (nSPS) is 17.6. The van der Waals surface area contributed by atoms with Crippen molar-refractivity contribution in [2.24, 2.45) is 11.7 Å². The molecule has 0 saturated carbocycles. The van der Waals surface area contributed by atoms with Crippen molar-refractivity contribution in [3.8, 4) is 11.8 Å². The van der Waals surface area contributed by atoms with Gasteiger partial charge in [-0.1, -0.05) is 13.8 Å². The number of hydrogen-bond donors (Lipinski definition) is 1. The second kappa shape index (κ2) is 4.61. The van der Waals surface area contributed by atoms with Crippen molar-refractivity contribution < 1.29 is 9.47 Å². The van der Waals surface area contributed by atoms with Gasteiger partial charge >= 0.3 is 0 Å². The Bertz CT molecular complexity index is 408. The molecule has 2 heterocycles. The van der Waals surface area contributed by atoms with Gasteiger partial charge in [-0.25, -0.2) is 0 Å². The summed E-state index contributed by atoms with van der Waals surface area (Å²) in [7, 11) is 3.14. The van der Waals surface area contributed by atoms with Crippen LogP contribution in [0.5, 0.6) is 11.8 Å². The summed E-state index contributed by atoms with van der Waals surface area (Å²) in [6.07, 6.45) is 0. The van der Waals surface area contributed by atoms with Crippen molar-refractivity contribution in [1.82, 2.24) is 9.97 Å². The minimum Gasteiger partial charge on any atom is -0.481 e. The third-order valence-electron chi connectivity index (χ3n) is 3.49. The Hall–Kier alpha value is -1.56. The van der Waals surface area contributed by atoms with Crippen LogP contribution in [0.25, 0.3) is 0 Å². The van der Waals surface area contributed by atoms with E-state index in [0.717, 1.165) is 13.1 Å². The summed E-state index contributed by atoms with van der Waals surface area (Å²) in [6.45, 7) is 5.76. The Morgan fingerprint density at radius 3 is 2.11 bits per heavy atom. The molecule has 1 aliphatic heterocycles. The summed E-state index contributed by atoms with van der Waals surface area (Å²) in [5.74, 6) is 2.03. The molecule has 1 aromatic heterocycles. The Morgan fingerprint density at radius 1 is 1.22 bits per heavy atom. The molecule has 0 amide bonds. The zero-order valence-electron chi connectivity index (χ0n) is 11.3. The van der Waals surface area contributed by atoms with Gasteiger partial charge in [0.1, 0.15) is 0 Å². The highest BCUT2D eigenvalue weighted by Gasteiger charge is 2.43. The number of aromatic nitrogens is 2. The number of rotatable bonds is 4. The first-order chi connectivity index (χ1) is 8.48. The molecule has 2 N–H and O–H groups in total. The van der Waals surface area contributed by atoms with E-state index in [1.165, 1.54) is 0 Å². The molecule has 1 aromatic rings. The molecule has 100 valence electrons. The zero-order chi connectivity index (χ0) is 13.3. The van der Waals surface area contributed by atoms with Gasteiger partial charge in [0.2, 0.25) is 17.7 Å². The van der Waals surface area contributed by atoms with Crippen LogP contribution in [-0.4, -0.2) is 42.8 Å². The highest BCUT2D eigenvalue weighted by molar-refractivity contribution is 5.42. The second-order valence-corrected chi connectivity index (χ2v) is 5.00. The van der Waals surface area contributed by atoms with Gasteiger partial charge in [-0.3, -0.25) is 0 Å². The molecule has 0 aromatic carbocycles. The first-order valence-electron chi connectivity index (χ1n) is 5.99. The summed E-state index contributed by atoms with van der Waals surface area (Å²) >= 11 is 0. The van der Waals surface area contributed by atoms with Crippen LogP contribution in [0.15, 0.2) is 6.07 Å². The quantitative estimate of drug-likeness (QED) is 0.849. The molecular formula is C12H20N4O2. The highest BCUT2D eigenvalue weighted by atomic mass is 16.5. The van der Waals surface area contributed by atoms with E-state index in [-0.39, 0.29) is 5.54 Å². The van der Waals surface area contributed by atoms with Gasteiger partial charge in [0.25, 0.3) is 0 Å². The predicted molar refractivity (Wildman–Crippen MR) is 69.1 cm³/mol. The van der Waals surface area contributed by atoms with Crippen molar-refractivity contribution in [3.05, 3.63) is 6.07 Å². The van der Waals surface area contributed by atoms with Crippen LogP contribution >= 0.6 is 0 Å². The molecule has 0 radical (unpaired) electrons. The number of hydrogen-bond acceptors (Lipinski definition) is 6. The van der Waals surface area contributed by atoms with Gasteiger partial charge in [-0.2, -0.15) is 9.97 Å². The van der Waals surface area contributed by atoms with Crippen LogP contribution in [0.1, 0.15) is 13.8 Å². The van der Waals surface area contributed by atoms with Crippen LogP contribution in [0.4, 0.5) is 5.95 Å². The Morgan fingerprint density at radius 2 is 1.72 bits per heavy atom. The fourth-order valence-corrected chi connectivity index (χ4v) is 1.91. The second-order valence-electron chi connectivity index (χ2n) is 5.00.